The fraction of sp³-hybridized carbons (Fsp3) is 0.650. The number of hydrogen-bond acceptors (Lipinski definition) is 4. The quantitative estimate of drug-likeness (QED) is 0.401. The van der Waals surface area contributed by atoms with Gasteiger partial charge in [0.15, 0.2) is 5.96 Å². The Kier molecular flexibility index (Phi) is 9.03. The highest BCUT2D eigenvalue weighted by Gasteiger charge is 2.41. The van der Waals surface area contributed by atoms with E-state index in [1.807, 2.05) is 36.1 Å². The van der Waals surface area contributed by atoms with Crippen LogP contribution in [0.1, 0.15) is 19.4 Å². The predicted molar refractivity (Wildman–Crippen MR) is 107 cm³/mol. The van der Waals surface area contributed by atoms with E-state index in [0.717, 1.165) is 17.3 Å². The van der Waals surface area contributed by atoms with E-state index >= 15 is 0 Å². The number of aliphatic imine (C=N–C) groups is 1. The molecular weight excluding hydrogens is 385 g/mol. The van der Waals surface area contributed by atoms with Gasteiger partial charge in [0, 0.05) is 39.8 Å². The maximum atomic E-state index is 12.9. The minimum atomic E-state index is -4.20. The van der Waals surface area contributed by atoms with Crippen LogP contribution in [0.25, 0.3) is 0 Å². The van der Waals surface area contributed by atoms with Crippen LogP contribution in [0.4, 0.5) is 13.2 Å². The normalized spacial score (nSPS) is 17.3. The Labute approximate surface area is 170 Å². The summed E-state index contributed by atoms with van der Waals surface area (Å²) in [5, 5.41) is 3.24. The molecule has 0 amide bonds. The molecule has 164 valence electrons. The van der Waals surface area contributed by atoms with Gasteiger partial charge < -0.3 is 19.7 Å². The van der Waals surface area contributed by atoms with E-state index in [1.165, 1.54) is 11.8 Å². The molecule has 2 rings (SSSR count). The molecule has 0 radical (unpaired) electrons. The van der Waals surface area contributed by atoms with E-state index in [4.69, 9.17) is 9.47 Å². The summed E-state index contributed by atoms with van der Waals surface area (Å²) in [5.74, 6) is 1.48. The minimum Gasteiger partial charge on any atom is -0.491 e. The first-order valence-corrected chi connectivity index (χ1v) is 9.89. The van der Waals surface area contributed by atoms with Crippen LogP contribution >= 0.6 is 0 Å². The lowest BCUT2D eigenvalue weighted by molar-refractivity contribution is -0.181. The highest BCUT2D eigenvalue weighted by molar-refractivity contribution is 5.80. The maximum absolute atomic E-state index is 12.9. The second kappa shape index (κ2) is 11.3. The Hall–Kier alpha value is -2.00. The number of piperazine rings is 1. The van der Waals surface area contributed by atoms with Crippen LogP contribution < -0.4 is 10.1 Å². The summed E-state index contributed by atoms with van der Waals surface area (Å²) in [4.78, 5) is 8.16. The van der Waals surface area contributed by atoms with Gasteiger partial charge in [0.05, 0.1) is 13.2 Å². The summed E-state index contributed by atoms with van der Waals surface area (Å²) in [7, 11) is 1.63. The van der Waals surface area contributed by atoms with Crippen LogP contribution in [-0.4, -0.2) is 81.0 Å². The predicted octanol–water partition coefficient (Wildman–Crippen LogP) is 2.75. The van der Waals surface area contributed by atoms with Crippen LogP contribution in [-0.2, 0) is 11.3 Å². The van der Waals surface area contributed by atoms with Gasteiger partial charge in [-0.2, -0.15) is 13.2 Å². The van der Waals surface area contributed by atoms with Crippen LogP contribution in [0.2, 0.25) is 0 Å². The van der Waals surface area contributed by atoms with E-state index in [2.05, 4.69) is 10.3 Å². The lowest BCUT2D eigenvalue weighted by Gasteiger charge is -2.39. The molecule has 0 spiro atoms. The molecule has 29 heavy (non-hydrogen) atoms. The largest absolute Gasteiger partial charge is 0.491 e. The number of rotatable bonds is 8. The Morgan fingerprint density at radius 1 is 1.21 bits per heavy atom. The Bertz CT molecular complexity index is 647. The number of alkyl halides is 3. The third-order valence-corrected chi connectivity index (χ3v) is 4.84. The lowest BCUT2D eigenvalue weighted by atomic mass is 10.2. The van der Waals surface area contributed by atoms with Gasteiger partial charge in [-0.1, -0.05) is 12.1 Å². The van der Waals surface area contributed by atoms with Crippen molar-refractivity contribution in [3.63, 3.8) is 0 Å². The van der Waals surface area contributed by atoms with Crippen molar-refractivity contribution in [3.05, 3.63) is 29.8 Å². The molecule has 1 atom stereocenters. The van der Waals surface area contributed by atoms with Crippen molar-refractivity contribution in [1.29, 1.82) is 0 Å². The summed E-state index contributed by atoms with van der Waals surface area (Å²) in [6, 6.07) is 6.28. The molecule has 0 saturated carbocycles. The number of nitrogens with zero attached hydrogens (tertiary/aromatic N) is 3. The third kappa shape index (κ3) is 7.40. The van der Waals surface area contributed by atoms with Gasteiger partial charge in [-0.3, -0.25) is 4.90 Å². The Morgan fingerprint density at radius 3 is 2.55 bits per heavy atom. The number of guanidine groups is 1. The van der Waals surface area contributed by atoms with Crippen LogP contribution in [0.5, 0.6) is 5.75 Å². The number of hydrogen-bond donors (Lipinski definition) is 1. The molecule has 1 aromatic rings. The van der Waals surface area contributed by atoms with Crippen molar-refractivity contribution in [1.82, 2.24) is 15.1 Å². The molecule has 6 nitrogen and oxygen atoms in total. The monoisotopic (exact) mass is 416 g/mol. The highest BCUT2D eigenvalue weighted by atomic mass is 19.4. The van der Waals surface area contributed by atoms with Crippen molar-refractivity contribution in [2.45, 2.75) is 32.6 Å². The first kappa shape index (κ1) is 23.3. The van der Waals surface area contributed by atoms with Crippen LogP contribution in [0.15, 0.2) is 29.3 Å². The first-order valence-electron chi connectivity index (χ1n) is 9.89. The van der Waals surface area contributed by atoms with Crippen LogP contribution in [0.3, 0.4) is 0 Å². The molecule has 0 bridgehead atoms. The number of methoxy groups -OCH3 is 1. The topological polar surface area (TPSA) is 49.3 Å². The summed E-state index contributed by atoms with van der Waals surface area (Å²) < 4.78 is 49.4. The fourth-order valence-electron chi connectivity index (χ4n) is 3.10. The fourth-order valence-corrected chi connectivity index (χ4v) is 3.10. The molecule has 1 heterocycles. The SMILES string of the molecule is CCNC(=NCc1cccc(OCCOC)c1)N1CCN(C(C)C(F)(F)F)CC1. The zero-order valence-corrected chi connectivity index (χ0v) is 17.3. The summed E-state index contributed by atoms with van der Waals surface area (Å²) >= 11 is 0. The molecular formula is C20H31F3N4O2. The lowest BCUT2D eigenvalue weighted by Crippen LogP contribution is -2.56. The molecule has 9 heteroatoms. The molecule has 1 fully saturated rings. The van der Waals surface area contributed by atoms with Gasteiger partial charge >= 0.3 is 6.18 Å². The van der Waals surface area contributed by atoms with Gasteiger partial charge in [0.25, 0.3) is 0 Å². The van der Waals surface area contributed by atoms with Crippen molar-refractivity contribution in [3.8, 4) is 5.75 Å². The molecule has 1 aliphatic rings. The van der Waals surface area contributed by atoms with Crippen molar-refractivity contribution in [2.75, 3.05) is 53.0 Å². The summed E-state index contributed by atoms with van der Waals surface area (Å²) in [6.07, 6.45) is -4.20. The van der Waals surface area contributed by atoms with Crippen LogP contribution in [0, 0.1) is 0 Å². The maximum Gasteiger partial charge on any atom is 0.403 e. The molecule has 1 N–H and O–H groups in total. The van der Waals surface area contributed by atoms with Crippen molar-refractivity contribution in [2.24, 2.45) is 4.99 Å². The minimum absolute atomic E-state index is 0.355. The van der Waals surface area contributed by atoms with E-state index < -0.39 is 12.2 Å². The van der Waals surface area contributed by atoms with E-state index in [-0.39, 0.29) is 0 Å². The third-order valence-electron chi connectivity index (χ3n) is 4.84. The average molecular weight is 416 g/mol. The van der Waals surface area contributed by atoms with Gasteiger partial charge in [-0.25, -0.2) is 4.99 Å². The highest BCUT2D eigenvalue weighted by Crippen LogP contribution is 2.25. The van der Waals surface area contributed by atoms with Gasteiger partial charge in [-0.05, 0) is 31.5 Å². The van der Waals surface area contributed by atoms with Gasteiger partial charge in [0.1, 0.15) is 18.4 Å². The Balaban J connectivity index is 1.96. The molecule has 1 aromatic carbocycles. The zero-order chi connectivity index (χ0) is 21.3. The van der Waals surface area contributed by atoms with E-state index in [9.17, 15) is 13.2 Å². The van der Waals surface area contributed by atoms with Gasteiger partial charge in [0.2, 0.25) is 0 Å². The number of nitrogens with one attached hydrogen (secondary N) is 1. The standard InChI is InChI=1S/C20H31F3N4O2/c1-4-24-19(27-10-8-26(9-11-27)16(2)20(21,22)23)25-15-17-6-5-7-18(14-17)29-13-12-28-3/h5-7,14,16H,4,8-13,15H2,1-3H3,(H,24,25). The summed E-state index contributed by atoms with van der Waals surface area (Å²) in [5.41, 5.74) is 1.000. The summed E-state index contributed by atoms with van der Waals surface area (Å²) in [6.45, 7) is 7.07. The number of halogens is 3. The zero-order valence-electron chi connectivity index (χ0n) is 17.3. The van der Waals surface area contributed by atoms with Crippen molar-refractivity contribution >= 4 is 5.96 Å². The van der Waals surface area contributed by atoms with E-state index in [1.54, 1.807) is 7.11 Å². The average Bonchev–Trinajstić information content (AvgIpc) is 2.70. The molecule has 1 unspecified atom stereocenters. The molecule has 0 aromatic heterocycles. The molecule has 0 aliphatic carbocycles. The number of benzene rings is 1. The first-order chi connectivity index (χ1) is 13.8. The second-order valence-electron chi connectivity index (χ2n) is 6.90. The number of ether oxygens (including phenoxy) is 2. The second-order valence-corrected chi connectivity index (χ2v) is 6.90. The van der Waals surface area contributed by atoms with Gasteiger partial charge in [-0.15, -0.1) is 0 Å². The Morgan fingerprint density at radius 2 is 1.93 bits per heavy atom. The molecule has 1 aliphatic heterocycles. The molecule has 1 saturated heterocycles. The smallest absolute Gasteiger partial charge is 0.403 e. The van der Waals surface area contributed by atoms with Crippen molar-refractivity contribution < 1.29 is 22.6 Å². The van der Waals surface area contributed by atoms with E-state index in [0.29, 0.717) is 52.5 Å².